The first kappa shape index (κ1) is 10.8. The van der Waals surface area contributed by atoms with Crippen LogP contribution in [0, 0.1) is 5.41 Å². The average molecular weight is 224 g/mol. The fourth-order valence-electron chi connectivity index (χ4n) is 2.30. The van der Waals surface area contributed by atoms with Gasteiger partial charge in [0.05, 0.1) is 0 Å². The number of hydrogen-bond acceptors (Lipinski definition) is 1. The predicted molar refractivity (Wildman–Crippen MR) is 66.8 cm³/mol. The number of anilines is 1. The molecule has 0 amide bonds. The van der Waals surface area contributed by atoms with E-state index in [0.717, 1.165) is 11.6 Å². The Kier molecular flexibility index (Phi) is 2.68. The standard InChI is InChI=1S/C13H18ClN/c1-13(2,3)7-9-8-15-12-5-4-10(14)6-11(9)12/h4-6,9,15H,7-8H2,1-3H3. The molecule has 1 atom stereocenters. The molecule has 0 saturated carbocycles. The van der Waals surface area contributed by atoms with Crippen molar-refractivity contribution in [3.8, 4) is 0 Å². The monoisotopic (exact) mass is 223 g/mol. The summed E-state index contributed by atoms with van der Waals surface area (Å²) in [5.74, 6) is 0.610. The van der Waals surface area contributed by atoms with Crippen LogP contribution >= 0.6 is 11.6 Å². The topological polar surface area (TPSA) is 12.0 Å². The molecular formula is C13H18ClN. The second-order valence-electron chi connectivity index (χ2n) is 5.57. The van der Waals surface area contributed by atoms with Gasteiger partial charge in [-0.2, -0.15) is 0 Å². The molecule has 82 valence electrons. The summed E-state index contributed by atoms with van der Waals surface area (Å²) in [6.07, 6.45) is 1.20. The molecule has 0 aromatic heterocycles. The summed E-state index contributed by atoms with van der Waals surface area (Å²) in [5.41, 5.74) is 3.02. The van der Waals surface area contributed by atoms with E-state index < -0.39 is 0 Å². The fraction of sp³-hybridized carbons (Fsp3) is 0.538. The van der Waals surface area contributed by atoms with Crippen LogP contribution in [0.2, 0.25) is 5.02 Å². The summed E-state index contributed by atoms with van der Waals surface area (Å²) >= 11 is 6.03. The highest BCUT2D eigenvalue weighted by molar-refractivity contribution is 6.30. The molecule has 1 aliphatic heterocycles. The summed E-state index contributed by atoms with van der Waals surface area (Å²) in [5, 5.41) is 4.29. The zero-order chi connectivity index (χ0) is 11.1. The molecule has 0 radical (unpaired) electrons. The first-order valence-corrected chi connectivity index (χ1v) is 5.87. The van der Waals surface area contributed by atoms with Crippen molar-refractivity contribution < 1.29 is 0 Å². The van der Waals surface area contributed by atoms with Crippen LogP contribution in [0.25, 0.3) is 0 Å². The Hall–Kier alpha value is -0.690. The van der Waals surface area contributed by atoms with Gasteiger partial charge in [0, 0.05) is 23.2 Å². The lowest BCUT2D eigenvalue weighted by atomic mass is 9.82. The highest BCUT2D eigenvalue weighted by Crippen LogP contribution is 2.39. The molecule has 0 aliphatic carbocycles. The zero-order valence-electron chi connectivity index (χ0n) is 9.60. The number of halogens is 1. The Morgan fingerprint density at radius 3 is 2.80 bits per heavy atom. The van der Waals surface area contributed by atoms with Crippen LogP contribution in [-0.2, 0) is 0 Å². The number of fused-ring (bicyclic) bond motifs is 1. The maximum absolute atomic E-state index is 6.03. The Morgan fingerprint density at radius 2 is 2.13 bits per heavy atom. The minimum Gasteiger partial charge on any atom is -0.384 e. The number of benzene rings is 1. The van der Waals surface area contributed by atoms with E-state index in [4.69, 9.17) is 11.6 Å². The van der Waals surface area contributed by atoms with Crippen LogP contribution in [0.4, 0.5) is 5.69 Å². The van der Waals surface area contributed by atoms with Crippen LogP contribution in [0.5, 0.6) is 0 Å². The van der Waals surface area contributed by atoms with Crippen molar-refractivity contribution in [2.45, 2.75) is 33.1 Å². The summed E-state index contributed by atoms with van der Waals surface area (Å²) in [4.78, 5) is 0. The van der Waals surface area contributed by atoms with Gasteiger partial charge in [-0.25, -0.2) is 0 Å². The van der Waals surface area contributed by atoms with Gasteiger partial charge in [0.15, 0.2) is 0 Å². The molecule has 1 aromatic rings. The molecule has 1 nitrogen and oxygen atoms in total. The van der Waals surface area contributed by atoms with Gasteiger partial charge < -0.3 is 5.32 Å². The van der Waals surface area contributed by atoms with E-state index >= 15 is 0 Å². The molecule has 0 fully saturated rings. The van der Waals surface area contributed by atoms with E-state index in [2.05, 4.69) is 38.2 Å². The molecule has 1 unspecified atom stereocenters. The summed E-state index contributed by atoms with van der Waals surface area (Å²) in [6, 6.07) is 6.14. The van der Waals surface area contributed by atoms with Gasteiger partial charge in [0.1, 0.15) is 0 Å². The molecule has 2 heteroatoms. The molecular weight excluding hydrogens is 206 g/mol. The van der Waals surface area contributed by atoms with Gasteiger partial charge in [-0.1, -0.05) is 32.4 Å². The van der Waals surface area contributed by atoms with E-state index in [1.807, 2.05) is 6.07 Å². The van der Waals surface area contributed by atoms with E-state index in [9.17, 15) is 0 Å². The van der Waals surface area contributed by atoms with Crippen LogP contribution in [0.1, 0.15) is 38.7 Å². The molecule has 2 rings (SSSR count). The molecule has 0 spiro atoms. The van der Waals surface area contributed by atoms with E-state index in [1.54, 1.807) is 0 Å². The Labute approximate surface area is 96.8 Å². The molecule has 1 heterocycles. The van der Waals surface area contributed by atoms with Crippen molar-refractivity contribution in [2.24, 2.45) is 5.41 Å². The first-order chi connectivity index (χ1) is 6.96. The quantitative estimate of drug-likeness (QED) is 0.749. The molecule has 0 bridgehead atoms. The van der Waals surface area contributed by atoms with Crippen molar-refractivity contribution >= 4 is 17.3 Å². The third kappa shape index (κ3) is 2.46. The number of hydrogen-bond donors (Lipinski definition) is 1. The fourth-order valence-corrected chi connectivity index (χ4v) is 2.48. The lowest BCUT2D eigenvalue weighted by Crippen LogP contribution is -2.13. The average Bonchev–Trinajstić information content (AvgIpc) is 2.46. The second kappa shape index (κ2) is 3.71. The zero-order valence-corrected chi connectivity index (χ0v) is 10.4. The highest BCUT2D eigenvalue weighted by Gasteiger charge is 2.26. The van der Waals surface area contributed by atoms with Gasteiger partial charge in [-0.3, -0.25) is 0 Å². The Morgan fingerprint density at radius 1 is 1.40 bits per heavy atom. The normalized spacial score (nSPS) is 19.9. The lowest BCUT2D eigenvalue weighted by Gasteiger charge is -2.22. The van der Waals surface area contributed by atoms with Crippen molar-refractivity contribution in [2.75, 3.05) is 11.9 Å². The van der Waals surface area contributed by atoms with Crippen LogP contribution in [0.3, 0.4) is 0 Å². The van der Waals surface area contributed by atoms with Crippen molar-refractivity contribution in [3.63, 3.8) is 0 Å². The molecule has 0 saturated heterocycles. The van der Waals surface area contributed by atoms with Crippen LogP contribution < -0.4 is 5.32 Å². The SMILES string of the molecule is CC(C)(C)CC1CNc2ccc(Cl)cc21. The maximum atomic E-state index is 6.03. The van der Waals surface area contributed by atoms with Crippen LogP contribution in [0.15, 0.2) is 18.2 Å². The van der Waals surface area contributed by atoms with Crippen molar-refractivity contribution in [1.29, 1.82) is 0 Å². The number of nitrogens with one attached hydrogen (secondary N) is 1. The van der Waals surface area contributed by atoms with Crippen molar-refractivity contribution in [3.05, 3.63) is 28.8 Å². The lowest BCUT2D eigenvalue weighted by molar-refractivity contribution is 0.348. The Balaban J connectivity index is 2.24. The second-order valence-corrected chi connectivity index (χ2v) is 6.01. The first-order valence-electron chi connectivity index (χ1n) is 5.49. The predicted octanol–water partition coefficient (Wildman–Crippen LogP) is 4.29. The van der Waals surface area contributed by atoms with E-state index in [1.165, 1.54) is 17.7 Å². The van der Waals surface area contributed by atoms with Crippen molar-refractivity contribution in [1.82, 2.24) is 0 Å². The van der Waals surface area contributed by atoms with Gasteiger partial charge in [-0.05, 0) is 35.6 Å². The van der Waals surface area contributed by atoms with Gasteiger partial charge >= 0.3 is 0 Å². The minimum absolute atomic E-state index is 0.371. The smallest absolute Gasteiger partial charge is 0.0410 e. The molecule has 1 aliphatic rings. The molecule has 1 aromatic carbocycles. The third-order valence-electron chi connectivity index (χ3n) is 2.85. The number of rotatable bonds is 1. The van der Waals surface area contributed by atoms with Gasteiger partial charge in [0.2, 0.25) is 0 Å². The largest absolute Gasteiger partial charge is 0.384 e. The Bertz CT molecular complexity index is 365. The van der Waals surface area contributed by atoms with Gasteiger partial charge in [0.25, 0.3) is 0 Å². The maximum Gasteiger partial charge on any atom is 0.0410 e. The summed E-state index contributed by atoms with van der Waals surface area (Å²) in [6.45, 7) is 7.91. The molecule has 15 heavy (non-hydrogen) atoms. The van der Waals surface area contributed by atoms with E-state index in [-0.39, 0.29) is 0 Å². The molecule has 1 N–H and O–H groups in total. The van der Waals surface area contributed by atoms with Crippen LogP contribution in [-0.4, -0.2) is 6.54 Å². The highest BCUT2D eigenvalue weighted by atomic mass is 35.5. The summed E-state index contributed by atoms with van der Waals surface area (Å²) in [7, 11) is 0. The summed E-state index contributed by atoms with van der Waals surface area (Å²) < 4.78 is 0. The van der Waals surface area contributed by atoms with E-state index in [0.29, 0.717) is 11.3 Å². The third-order valence-corrected chi connectivity index (χ3v) is 3.09. The minimum atomic E-state index is 0.371. The van der Waals surface area contributed by atoms with Gasteiger partial charge in [-0.15, -0.1) is 0 Å².